The molecule has 5 nitrogen and oxygen atoms in total. The minimum Gasteiger partial charge on any atom is -0.464 e. The van der Waals surface area contributed by atoms with Crippen LogP contribution in [0, 0.1) is 0 Å². The van der Waals surface area contributed by atoms with Gasteiger partial charge in [-0.25, -0.2) is 4.79 Å². The van der Waals surface area contributed by atoms with Gasteiger partial charge in [0.2, 0.25) is 0 Å². The van der Waals surface area contributed by atoms with Gasteiger partial charge in [0.25, 0.3) is 5.91 Å². The summed E-state index contributed by atoms with van der Waals surface area (Å²) in [6.07, 6.45) is 2.44. The van der Waals surface area contributed by atoms with Crippen LogP contribution in [0.1, 0.15) is 36.5 Å². The number of piperidine rings is 1. The van der Waals surface area contributed by atoms with E-state index in [1.54, 1.807) is 30.0 Å². The molecule has 2 N–H and O–H groups in total. The molecule has 1 amide bonds. The maximum atomic E-state index is 12.7. The van der Waals surface area contributed by atoms with E-state index in [0.717, 1.165) is 17.3 Å². The van der Waals surface area contributed by atoms with E-state index in [1.165, 1.54) is 0 Å². The van der Waals surface area contributed by atoms with Crippen LogP contribution in [0.2, 0.25) is 0 Å². The number of amides is 1. The number of benzene rings is 1. The average Bonchev–Trinajstić information content (AvgIpc) is 2.49. The molecule has 1 saturated heterocycles. The number of halogens is 1. The first kappa shape index (κ1) is 15.8. The molecular formula is C15H19BrN2O3. The fraction of sp³-hybridized carbons (Fsp3) is 0.467. The Morgan fingerprint density at radius 3 is 2.90 bits per heavy atom. The number of carbonyl (C=O) groups is 2. The Hall–Kier alpha value is -1.56. The van der Waals surface area contributed by atoms with Crippen LogP contribution in [0.3, 0.4) is 0 Å². The first-order valence-corrected chi connectivity index (χ1v) is 7.86. The summed E-state index contributed by atoms with van der Waals surface area (Å²) in [6.45, 7) is 2.63. The zero-order valence-corrected chi connectivity index (χ0v) is 13.6. The summed E-state index contributed by atoms with van der Waals surface area (Å²) in [6, 6.07) is 4.64. The largest absolute Gasteiger partial charge is 0.464 e. The molecule has 114 valence electrons. The van der Waals surface area contributed by atoms with E-state index in [-0.39, 0.29) is 11.9 Å². The molecule has 1 fully saturated rings. The highest BCUT2D eigenvalue weighted by Gasteiger charge is 2.34. The van der Waals surface area contributed by atoms with Gasteiger partial charge >= 0.3 is 5.97 Å². The van der Waals surface area contributed by atoms with Crippen LogP contribution in [0.25, 0.3) is 0 Å². The van der Waals surface area contributed by atoms with Gasteiger partial charge in [0, 0.05) is 16.7 Å². The Labute approximate surface area is 132 Å². The smallest absolute Gasteiger partial charge is 0.328 e. The van der Waals surface area contributed by atoms with Gasteiger partial charge in [0.05, 0.1) is 12.2 Å². The predicted molar refractivity (Wildman–Crippen MR) is 83.9 cm³/mol. The summed E-state index contributed by atoms with van der Waals surface area (Å²) in [5, 5.41) is 0. The normalized spacial score (nSPS) is 18.4. The van der Waals surface area contributed by atoms with Crippen LogP contribution >= 0.6 is 15.9 Å². The van der Waals surface area contributed by atoms with Crippen molar-refractivity contribution in [2.75, 3.05) is 18.9 Å². The van der Waals surface area contributed by atoms with Gasteiger partial charge in [0.1, 0.15) is 6.04 Å². The van der Waals surface area contributed by atoms with Gasteiger partial charge in [-0.05, 0) is 44.4 Å². The minimum atomic E-state index is -0.510. The van der Waals surface area contributed by atoms with E-state index >= 15 is 0 Å². The van der Waals surface area contributed by atoms with Crippen LogP contribution in [0.5, 0.6) is 0 Å². The molecule has 1 aliphatic rings. The lowest BCUT2D eigenvalue weighted by atomic mass is 10.0. The van der Waals surface area contributed by atoms with Gasteiger partial charge in [0.15, 0.2) is 0 Å². The number of nitrogens with zero attached hydrogens (tertiary/aromatic N) is 1. The second-order valence-electron chi connectivity index (χ2n) is 4.99. The van der Waals surface area contributed by atoms with Crippen molar-refractivity contribution in [2.24, 2.45) is 0 Å². The Morgan fingerprint density at radius 1 is 1.43 bits per heavy atom. The highest BCUT2D eigenvalue weighted by atomic mass is 79.9. The quantitative estimate of drug-likeness (QED) is 0.668. The van der Waals surface area contributed by atoms with E-state index < -0.39 is 6.04 Å². The first-order valence-electron chi connectivity index (χ1n) is 7.07. The molecule has 0 bridgehead atoms. The van der Waals surface area contributed by atoms with Crippen LogP contribution in [-0.4, -0.2) is 36.0 Å². The van der Waals surface area contributed by atoms with Crippen molar-refractivity contribution >= 4 is 33.5 Å². The highest BCUT2D eigenvalue weighted by molar-refractivity contribution is 9.10. The van der Waals surface area contributed by atoms with Crippen molar-refractivity contribution in [1.82, 2.24) is 4.90 Å². The molecule has 1 aromatic rings. The lowest BCUT2D eigenvalue weighted by molar-refractivity contribution is -0.149. The topological polar surface area (TPSA) is 72.6 Å². The molecule has 0 aliphatic carbocycles. The fourth-order valence-corrected chi connectivity index (χ4v) is 2.89. The number of likely N-dealkylation sites (tertiary alicyclic amines) is 1. The molecule has 0 saturated carbocycles. The van der Waals surface area contributed by atoms with Crippen molar-refractivity contribution in [2.45, 2.75) is 32.2 Å². The average molecular weight is 355 g/mol. The third kappa shape index (κ3) is 3.56. The monoisotopic (exact) mass is 354 g/mol. The number of anilines is 1. The second-order valence-corrected chi connectivity index (χ2v) is 5.91. The van der Waals surface area contributed by atoms with Gasteiger partial charge in [-0.15, -0.1) is 0 Å². The molecule has 1 aromatic carbocycles. The van der Waals surface area contributed by atoms with Crippen molar-refractivity contribution in [3.05, 3.63) is 28.2 Å². The number of esters is 1. The zero-order valence-electron chi connectivity index (χ0n) is 12.0. The molecule has 21 heavy (non-hydrogen) atoms. The lowest BCUT2D eigenvalue weighted by Crippen LogP contribution is -2.48. The summed E-state index contributed by atoms with van der Waals surface area (Å²) < 4.78 is 5.86. The molecule has 1 aliphatic heterocycles. The van der Waals surface area contributed by atoms with Gasteiger partial charge in [-0.3, -0.25) is 4.79 Å². The van der Waals surface area contributed by atoms with Gasteiger partial charge < -0.3 is 15.4 Å². The molecule has 1 atom stereocenters. The lowest BCUT2D eigenvalue weighted by Gasteiger charge is -2.34. The van der Waals surface area contributed by atoms with Crippen molar-refractivity contribution in [3.8, 4) is 0 Å². The summed E-state index contributed by atoms with van der Waals surface area (Å²) >= 11 is 3.34. The molecule has 1 heterocycles. The molecule has 0 radical (unpaired) electrons. The first-order chi connectivity index (χ1) is 10.0. The van der Waals surface area contributed by atoms with E-state index in [2.05, 4.69) is 15.9 Å². The molecule has 0 aromatic heterocycles. The van der Waals surface area contributed by atoms with E-state index in [0.29, 0.717) is 30.8 Å². The molecule has 2 rings (SSSR count). The standard InChI is InChI=1S/C15H19BrN2O3/c1-2-21-15(20)13-5-3-4-8-18(13)14(19)11-9-10(16)6-7-12(11)17/h6-7,9,13H,2-5,8,17H2,1H3. The molecule has 0 spiro atoms. The van der Waals surface area contributed by atoms with E-state index in [9.17, 15) is 9.59 Å². The number of hydrogen-bond donors (Lipinski definition) is 1. The summed E-state index contributed by atoms with van der Waals surface area (Å²) in [5.74, 6) is -0.550. The van der Waals surface area contributed by atoms with Crippen LogP contribution in [-0.2, 0) is 9.53 Å². The molecular weight excluding hydrogens is 336 g/mol. The highest BCUT2D eigenvalue weighted by Crippen LogP contribution is 2.25. The van der Waals surface area contributed by atoms with Crippen LogP contribution in [0.15, 0.2) is 22.7 Å². The second kappa shape index (κ2) is 6.93. The Morgan fingerprint density at radius 2 is 2.19 bits per heavy atom. The Bertz CT molecular complexity index is 548. The Balaban J connectivity index is 2.26. The van der Waals surface area contributed by atoms with E-state index in [1.807, 2.05) is 0 Å². The number of nitrogen functional groups attached to an aromatic ring is 1. The molecule has 6 heteroatoms. The zero-order chi connectivity index (χ0) is 15.4. The third-order valence-corrected chi connectivity index (χ3v) is 4.06. The van der Waals surface area contributed by atoms with Crippen molar-refractivity contribution in [3.63, 3.8) is 0 Å². The number of hydrogen-bond acceptors (Lipinski definition) is 4. The SMILES string of the molecule is CCOC(=O)C1CCCCN1C(=O)c1cc(Br)ccc1N. The van der Waals surface area contributed by atoms with Crippen molar-refractivity contribution < 1.29 is 14.3 Å². The number of rotatable bonds is 3. The summed E-state index contributed by atoms with van der Waals surface area (Å²) in [4.78, 5) is 26.3. The predicted octanol–water partition coefficient (Wildman–Crippen LogP) is 2.59. The number of carbonyl (C=O) groups excluding carboxylic acids is 2. The molecule has 1 unspecified atom stereocenters. The summed E-state index contributed by atoms with van der Waals surface area (Å²) in [5.41, 5.74) is 6.72. The maximum Gasteiger partial charge on any atom is 0.328 e. The van der Waals surface area contributed by atoms with Gasteiger partial charge in [-0.2, -0.15) is 0 Å². The van der Waals surface area contributed by atoms with E-state index in [4.69, 9.17) is 10.5 Å². The van der Waals surface area contributed by atoms with Crippen LogP contribution in [0.4, 0.5) is 5.69 Å². The summed E-state index contributed by atoms with van der Waals surface area (Å²) in [7, 11) is 0. The van der Waals surface area contributed by atoms with Crippen LogP contribution < -0.4 is 5.73 Å². The fourth-order valence-electron chi connectivity index (χ4n) is 2.53. The van der Waals surface area contributed by atoms with Gasteiger partial charge in [-0.1, -0.05) is 15.9 Å². The van der Waals surface area contributed by atoms with Crippen molar-refractivity contribution in [1.29, 1.82) is 0 Å². The number of nitrogens with two attached hydrogens (primary N) is 1. The number of ether oxygens (including phenoxy) is 1. The minimum absolute atomic E-state index is 0.216. The Kier molecular flexibility index (Phi) is 5.22. The maximum absolute atomic E-state index is 12.7. The third-order valence-electron chi connectivity index (χ3n) is 3.57.